The number of aromatic amines is 1. The molecule has 114 valence electrons. The fourth-order valence-corrected chi connectivity index (χ4v) is 2.96. The lowest BCUT2D eigenvalue weighted by Gasteiger charge is -2.03. The maximum Gasteiger partial charge on any atom is 0.251 e. The van der Waals surface area contributed by atoms with E-state index in [1.54, 1.807) is 12.1 Å². The van der Waals surface area contributed by atoms with Gasteiger partial charge in [0.05, 0.1) is 22.8 Å². The summed E-state index contributed by atoms with van der Waals surface area (Å²) in [5.41, 5.74) is 4.11. The van der Waals surface area contributed by atoms with Crippen molar-refractivity contribution < 1.29 is 4.79 Å². The van der Waals surface area contributed by atoms with Crippen LogP contribution in [-0.2, 0) is 6.42 Å². The summed E-state index contributed by atoms with van der Waals surface area (Å²) in [4.78, 5) is 19.9. The van der Waals surface area contributed by atoms with Crippen molar-refractivity contribution in [3.05, 3.63) is 53.9 Å². The van der Waals surface area contributed by atoms with Crippen molar-refractivity contribution in [2.45, 2.75) is 6.42 Å². The highest BCUT2D eigenvalue weighted by Gasteiger charge is 2.08. The number of para-hydroxylation sites is 2. The molecule has 0 saturated carbocycles. The number of fused-ring (bicyclic) bond motifs is 2. The Balaban J connectivity index is 1.40. The van der Waals surface area contributed by atoms with Crippen molar-refractivity contribution >= 4 is 39.7 Å². The zero-order chi connectivity index (χ0) is 15.6. The van der Waals surface area contributed by atoms with Crippen LogP contribution in [0.3, 0.4) is 0 Å². The number of imidazole rings is 1. The summed E-state index contributed by atoms with van der Waals surface area (Å²) < 4.78 is 8.28. The number of H-pyrrole nitrogens is 1. The zero-order valence-electron chi connectivity index (χ0n) is 12.1. The maximum atomic E-state index is 12.2. The van der Waals surface area contributed by atoms with E-state index in [0.29, 0.717) is 18.5 Å². The van der Waals surface area contributed by atoms with E-state index in [1.807, 2.05) is 30.3 Å². The van der Waals surface area contributed by atoms with Crippen LogP contribution in [-0.4, -0.2) is 31.2 Å². The average molecular weight is 323 g/mol. The first kappa shape index (κ1) is 13.8. The number of hydrogen-bond donors (Lipinski definition) is 2. The smallest absolute Gasteiger partial charge is 0.251 e. The number of rotatable bonds is 4. The van der Waals surface area contributed by atoms with Gasteiger partial charge in [-0.1, -0.05) is 12.1 Å². The van der Waals surface area contributed by atoms with Crippen molar-refractivity contribution in [2.75, 3.05) is 6.54 Å². The number of carbonyl (C=O) groups excluding carboxylic acids is 1. The van der Waals surface area contributed by atoms with Crippen molar-refractivity contribution in [2.24, 2.45) is 0 Å². The highest BCUT2D eigenvalue weighted by Crippen LogP contribution is 2.13. The van der Waals surface area contributed by atoms with Crippen LogP contribution in [0.25, 0.3) is 22.1 Å². The fraction of sp³-hybridized carbons (Fsp3) is 0.125. The summed E-state index contributed by atoms with van der Waals surface area (Å²) in [6.07, 6.45) is 0.654. The molecule has 2 N–H and O–H groups in total. The summed E-state index contributed by atoms with van der Waals surface area (Å²) in [5, 5.41) is 2.90. The third-order valence-electron chi connectivity index (χ3n) is 3.60. The highest BCUT2D eigenvalue weighted by molar-refractivity contribution is 7.00. The fourth-order valence-electron chi connectivity index (χ4n) is 2.44. The van der Waals surface area contributed by atoms with Crippen LogP contribution >= 0.6 is 11.7 Å². The molecule has 0 bridgehead atoms. The number of nitrogens with zero attached hydrogens (tertiary/aromatic N) is 3. The predicted octanol–water partition coefficient (Wildman–Crippen LogP) is 2.54. The molecule has 4 rings (SSSR count). The van der Waals surface area contributed by atoms with Crippen LogP contribution in [0.1, 0.15) is 16.2 Å². The minimum absolute atomic E-state index is 0.115. The molecule has 0 saturated heterocycles. The number of aromatic nitrogens is 4. The second-order valence-corrected chi connectivity index (χ2v) is 5.70. The van der Waals surface area contributed by atoms with Gasteiger partial charge in [-0.3, -0.25) is 4.79 Å². The van der Waals surface area contributed by atoms with Gasteiger partial charge in [0, 0.05) is 18.5 Å². The molecule has 4 aromatic rings. The van der Waals surface area contributed by atoms with Gasteiger partial charge in [-0.2, -0.15) is 8.75 Å². The van der Waals surface area contributed by atoms with Gasteiger partial charge in [-0.15, -0.1) is 0 Å². The average Bonchev–Trinajstić information content (AvgIpc) is 3.19. The van der Waals surface area contributed by atoms with Crippen LogP contribution < -0.4 is 5.32 Å². The summed E-state index contributed by atoms with van der Waals surface area (Å²) in [6.45, 7) is 0.520. The van der Waals surface area contributed by atoms with Crippen molar-refractivity contribution in [1.29, 1.82) is 0 Å². The van der Waals surface area contributed by atoms with Crippen molar-refractivity contribution in [3.63, 3.8) is 0 Å². The van der Waals surface area contributed by atoms with E-state index < -0.39 is 0 Å². The first-order chi connectivity index (χ1) is 11.3. The van der Waals surface area contributed by atoms with E-state index in [0.717, 1.165) is 39.6 Å². The minimum atomic E-state index is -0.115. The molecule has 2 aromatic carbocycles. The first-order valence-corrected chi connectivity index (χ1v) is 7.97. The number of carbonyl (C=O) groups is 1. The topological polar surface area (TPSA) is 83.6 Å². The number of hydrogen-bond acceptors (Lipinski definition) is 5. The van der Waals surface area contributed by atoms with Gasteiger partial charge in [0.2, 0.25) is 0 Å². The summed E-state index contributed by atoms with van der Waals surface area (Å²) in [5.74, 6) is 0.752. The summed E-state index contributed by atoms with van der Waals surface area (Å²) >= 11 is 1.15. The van der Waals surface area contributed by atoms with Crippen LogP contribution in [0.15, 0.2) is 42.5 Å². The van der Waals surface area contributed by atoms with Gasteiger partial charge in [-0.25, -0.2) is 4.98 Å². The van der Waals surface area contributed by atoms with E-state index in [9.17, 15) is 4.79 Å². The molecule has 0 spiro atoms. The van der Waals surface area contributed by atoms with Crippen LogP contribution in [0.4, 0.5) is 0 Å². The normalized spacial score (nSPS) is 11.1. The van der Waals surface area contributed by atoms with Crippen LogP contribution in [0.2, 0.25) is 0 Å². The molecule has 2 aromatic heterocycles. The van der Waals surface area contributed by atoms with Crippen LogP contribution in [0, 0.1) is 0 Å². The molecule has 0 aliphatic carbocycles. The van der Waals surface area contributed by atoms with E-state index in [-0.39, 0.29) is 5.91 Å². The van der Waals surface area contributed by atoms with E-state index >= 15 is 0 Å². The Labute approximate surface area is 135 Å². The maximum absolute atomic E-state index is 12.2. The molecule has 0 unspecified atom stereocenters. The largest absolute Gasteiger partial charge is 0.352 e. The first-order valence-electron chi connectivity index (χ1n) is 7.24. The third kappa shape index (κ3) is 2.78. The molecular weight excluding hydrogens is 310 g/mol. The molecule has 0 fully saturated rings. The Bertz CT molecular complexity index is 957. The summed E-state index contributed by atoms with van der Waals surface area (Å²) in [6, 6.07) is 13.2. The van der Waals surface area contributed by atoms with Gasteiger partial charge in [0.1, 0.15) is 16.9 Å². The van der Waals surface area contributed by atoms with Crippen molar-refractivity contribution in [1.82, 2.24) is 24.0 Å². The number of nitrogens with one attached hydrogen (secondary N) is 2. The second kappa shape index (κ2) is 5.77. The lowest BCUT2D eigenvalue weighted by Crippen LogP contribution is -2.25. The molecule has 2 heterocycles. The van der Waals surface area contributed by atoms with E-state index in [1.165, 1.54) is 0 Å². The third-order valence-corrected chi connectivity index (χ3v) is 4.16. The van der Waals surface area contributed by atoms with Gasteiger partial charge in [0.25, 0.3) is 5.91 Å². The molecular formula is C16H13N5OS. The molecule has 1 amide bonds. The minimum Gasteiger partial charge on any atom is -0.352 e. The lowest BCUT2D eigenvalue weighted by atomic mass is 10.2. The predicted molar refractivity (Wildman–Crippen MR) is 89.5 cm³/mol. The molecule has 0 aliphatic rings. The van der Waals surface area contributed by atoms with E-state index in [4.69, 9.17) is 0 Å². The molecule has 7 heteroatoms. The standard InChI is InChI=1S/C16H13N5OS/c22-16(10-5-6-13-14(9-10)21-23-20-13)17-8-7-15-18-11-3-1-2-4-12(11)19-15/h1-6,9H,7-8H2,(H,17,22)(H,18,19). The highest BCUT2D eigenvalue weighted by atomic mass is 32.1. The Morgan fingerprint density at radius 1 is 1.09 bits per heavy atom. The molecule has 23 heavy (non-hydrogen) atoms. The monoisotopic (exact) mass is 323 g/mol. The second-order valence-electron chi connectivity index (χ2n) is 5.17. The molecule has 0 atom stereocenters. The van der Waals surface area contributed by atoms with Crippen molar-refractivity contribution in [3.8, 4) is 0 Å². The quantitative estimate of drug-likeness (QED) is 0.604. The van der Waals surface area contributed by atoms with Gasteiger partial charge in [0.15, 0.2) is 0 Å². The van der Waals surface area contributed by atoms with Gasteiger partial charge < -0.3 is 10.3 Å². The number of benzene rings is 2. The zero-order valence-corrected chi connectivity index (χ0v) is 12.9. The molecule has 6 nitrogen and oxygen atoms in total. The molecule has 0 aliphatic heterocycles. The van der Waals surface area contributed by atoms with Crippen LogP contribution in [0.5, 0.6) is 0 Å². The Kier molecular flexibility index (Phi) is 3.47. The number of amides is 1. The lowest BCUT2D eigenvalue weighted by molar-refractivity contribution is 0.0954. The van der Waals surface area contributed by atoms with Gasteiger partial charge >= 0.3 is 0 Å². The summed E-state index contributed by atoms with van der Waals surface area (Å²) in [7, 11) is 0. The van der Waals surface area contributed by atoms with Gasteiger partial charge in [-0.05, 0) is 30.3 Å². The Morgan fingerprint density at radius 3 is 2.87 bits per heavy atom. The SMILES string of the molecule is O=C(NCCc1nc2ccccc2[nH]1)c1ccc2nsnc2c1. The molecule has 0 radical (unpaired) electrons. The Hall–Kier alpha value is -2.80. The Morgan fingerprint density at radius 2 is 1.96 bits per heavy atom. The van der Waals surface area contributed by atoms with E-state index in [2.05, 4.69) is 24.0 Å².